The van der Waals surface area contributed by atoms with Gasteiger partial charge in [-0.1, -0.05) is 29.8 Å². The van der Waals surface area contributed by atoms with E-state index in [9.17, 15) is 22.7 Å². The lowest BCUT2D eigenvalue weighted by molar-refractivity contribution is -0.137. The van der Waals surface area contributed by atoms with Gasteiger partial charge in [-0.2, -0.15) is 13.2 Å². The van der Waals surface area contributed by atoms with Gasteiger partial charge in [0.25, 0.3) is 0 Å². The maximum atomic E-state index is 13.3. The first kappa shape index (κ1) is 15.8. The van der Waals surface area contributed by atoms with Crippen molar-refractivity contribution in [3.05, 3.63) is 70.0 Å². The van der Waals surface area contributed by atoms with Crippen molar-refractivity contribution in [2.45, 2.75) is 18.7 Å². The van der Waals surface area contributed by atoms with E-state index in [1.807, 2.05) is 0 Å². The molecule has 0 saturated carbocycles. The number of halogens is 5. The Morgan fingerprint density at radius 3 is 2.19 bits per heavy atom. The monoisotopic (exact) mass is 318 g/mol. The second-order valence-electron chi connectivity index (χ2n) is 4.59. The third-order valence-electron chi connectivity index (χ3n) is 3.04. The maximum Gasteiger partial charge on any atom is 0.416 e. The summed E-state index contributed by atoms with van der Waals surface area (Å²) in [5.41, 5.74) is 0.0543. The van der Waals surface area contributed by atoms with Crippen molar-refractivity contribution in [2.24, 2.45) is 0 Å². The molecule has 1 nitrogen and oxygen atoms in total. The Hall–Kier alpha value is -1.59. The van der Waals surface area contributed by atoms with Gasteiger partial charge in [0.15, 0.2) is 0 Å². The zero-order valence-electron chi connectivity index (χ0n) is 10.7. The van der Waals surface area contributed by atoms with Crippen molar-refractivity contribution >= 4 is 11.6 Å². The Kier molecular flexibility index (Phi) is 4.54. The van der Waals surface area contributed by atoms with Crippen molar-refractivity contribution in [1.82, 2.24) is 0 Å². The lowest BCUT2D eigenvalue weighted by atomic mass is 10.0. The number of rotatable bonds is 3. The van der Waals surface area contributed by atoms with Crippen LogP contribution in [0.4, 0.5) is 17.6 Å². The zero-order valence-corrected chi connectivity index (χ0v) is 11.4. The molecule has 0 aliphatic rings. The molecule has 112 valence electrons. The summed E-state index contributed by atoms with van der Waals surface area (Å²) in [6, 6.07) is 8.33. The fraction of sp³-hybridized carbons (Fsp3) is 0.200. The molecule has 0 fully saturated rings. The molecule has 0 radical (unpaired) electrons. The average Bonchev–Trinajstić information content (AvgIpc) is 2.42. The van der Waals surface area contributed by atoms with Crippen LogP contribution in [0, 0.1) is 5.82 Å². The van der Waals surface area contributed by atoms with E-state index in [4.69, 9.17) is 11.6 Å². The predicted molar refractivity (Wildman–Crippen MR) is 71.5 cm³/mol. The first-order valence-electron chi connectivity index (χ1n) is 6.06. The molecule has 1 unspecified atom stereocenters. The van der Waals surface area contributed by atoms with E-state index in [2.05, 4.69) is 0 Å². The fourth-order valence-electron chi connectivity index (χ4n) is 1.90. The number of benzene rings is 2. The molecule has 2 rings (SSSR count). The average molecular weight is 319 g/mol. The first-order chi connectivity index (χ1) is 9.77. The second kappa shape index (κ2) is 6.03. The van der Waals surface area contributed by atoms with E-state index in [0.717, 1.165) is 12.1 Å². The van der Waals surface area contributed by atoms with E-state index in [-0.39, 0.29) is 11.4 Å². The van der Waals surface area contributed by atoms with Gasteiger partial charge in [-0.15, -0.1) is 0 Å². The van der Waals surface area contributed by atoms with Gasteiger partial charge in [-0.25, -0.2) is 4.39 Å². The summed E-state index contributed by atoms with van der Waals surface area (Å²) < 4.78 is 50.6. The normalized spacial score (nSPS) is 13.2. The standard InChI is InChI=1S/C15H11ClF4O/c16-12-6-1-9(7-13(12)17)8-14(21)10-2-4-11(5-3-10)15(18,19)20/h1-7,14,21H,8H2. The molecule has 0 amide bonds. The highest BCUT2D eigenvalue weighted by Gasteiger charge is 2.30. The molecule has 0 aromatic heterocycles. The smallest absolute Gasteiger partial charge is 0.388 e. The van der Waals surface area contributed by atoms with E-state index in [1.54, 1.807) is 6.07 Å². The Bertz CT molecular complexity index is 623. The third kappa shape index (κ3) is 3.95. The molecule has 0 spiro atoms. The van der Waals surface area contributed by atoms with Crippen LogP contribution in [-0.4, -0.2) is 5.11 Å². The van der Waals surface area contributed by atoms with Gasteiger partial charge in [0, 0.05) is 6.42 Å². The third-order valence-corrected chi connectivity index (χ3v) is 3.34. The van der Waals surface area contributed by atoms with Crippen molar-refractivity contribution in [3.63, 3.8) is 0 Å². The highest BCUT2D eigenvalue weighted by Crippen LogP contribution is 2.30. The van der Waals surface area contributed by atoms with Crippen molar-refractivity contribution < 1.29 is 22.7 Å². The minimum Gasteiger partial charge on any atom is -0.388 e. The van der Waals surface area contributed by atoms with Gasteiger partial charge in [-0.3, -0.25) is 0 Å². The molecule has 0 bridgehead atoms. The van der Waals surface area contributed by atoms with Crippen LogP contribution in [-0.2, 0) is 12.6 Å². The van der Waals surface area contributed by atoms with Crippen molar-refractivity contribution in [3.8, 4) is 0 Å². The molecule has 21 heavy (non-hydrogen) atoms. The predicted octanol–water partition coefficient (Wildman–Crippen LogP) is 4.77. The van der Waals surface area contributed by atoms with Gasteiger partial charge in [0.05, 0.1) is 16.7 Å². The number of aliphatic hydroxyl groups excluding tert-OH is 1. The highest BCUT2D eigenvalue weighted by molar-refractivity contribution is 6.30. The summed E-state index contributed by atoms with van der Waals surface area (Å²) in [6.45, 7) is 0. The Balaban J connectivity index is 2.13. The van der Waals surface area contributed by atoms with Crippen LogP contribution in [0.25, 0.3) is 0 Å². The van der Waals surface area contributed by atoms with Gasteiger partial charge < -0.3 is 5.11 Å². The topological polar surface area (TPSA) is 20.2 Å². The Morgan fingerprint density at radius 2 is 1.67 bits per heavy atom. The lowest BCUT2D eigenvalue weighted by Gasteiger charge is -2.13. The second-order valence-corrected chi connectivity index (χ2v) is 5.00. The SMILES string of the molecule is OC(Cc1ccc(Cl)c(F)c1)c1ccc(C(F)(F)F)cc1. The van der Waals surface area contributed by atoms with Gasteiger partial charge in [0.2, 0.25) is 0 Å². The summed E-state index contributed by atoms with van der Waals surface area (Å²) in [5.74, 6) is -0.603. The van der Waals surface area contributed by atoms with Crippen LogP contribution in [0.2, 0.25) is 5.02 Å². The number of aliphatic hydroxyl groups is 1. The molecule has 6 heteroatoms. The van der Waals surface area contributed by atoms with Gasteiger partial charge in [-0.05, 0) is 35.4 Å². The molecule has 0 saturated heterocycles. The van der Waals surface area contributed by atoms with Crippen molar-refractivity contribution in [1.29, 1.82) is 0 Å². The van der Waals surface area contributed by atoms with E-state index < -0.39 is 23.7 Å². The minimum atomic E-state index is -4.41. The highest BCUT2D eigenvalue weighted by atomic mass is 35.5. The number of alkyl halides is 3. The molecule has 2 aromatic rings. The van der Waals surface area contributed by atoms with Crippen LogP contribution in [0.5, 0.6) is 0 Å². The van der Waals surface area contributed by atoms with E-state index >= 15 is 0 Å². The number of hydrogen-bond donors (Lipinski definition) is 1. The first-order valence-corrected chi connectivity index (χ1v) is 6.44. The van der Waals surface area contributed by atoms with Crippen molar-refractivity contribution in [2.75, 3.05) is 0 Å². The van der Waals surface area contributed by atoms with Crippen LogP contribution in [0.15, 0.2) is 42.5 Å². The van der Waals surface area contributed by atoms with E-state index in [1.165, 1.54) is 24.3 Å². The molecule has 0 heterocycles. The largest absolute Gasteiger partial charge is 0.416 e. The summed E-state index contributed by atoms with van der Waals surface area (Å²) in [7, 11) is 0. The quantitative estimate of drug-likeness (QED) is 0.808. The van der Waals surface area contributed by atoms with E-state index in [0.29, 0.717) is 11.1 Å². The minimum absolute atomic E-state index is 0.0252. The summed E-state index contributed by atoms with van der Waals surface area (Å²) in [6.07, 6.45) is -5.35. The van der Waals surface area contributed by atoms with Crippen LogP contribution in [0.1, 0.15) is 22.8 Å². The summed E-state index contributed by atoms with van der Waals surface area (Å²) in [5, 5.41) is 9.97. The maximum absolute atomic E-state index is 13.3. The molecule has 2 aromatic carbocycles. The zero-order chi connectivity index (χ0) is 15.6. The Morgan fingerprint density at radius 1 is 1.05 bits per heavy atom. The van der Waals surface area contributed by atoms with Gasteiger partial charge in [0.1, 0.15) is 5.82 Å². The summed E-state index contributed by atoms with van der Waals surface area (Å²) >= 11 is 5.55. The van der Waals surface area contributed by atoms with Crippen LogP contribution >= 0.6 is 11.6 Å². The summed E-state index contributed by atoms with van der Waals surface area (Å²) in [4.78, 5) is 0. The van der Waals surface area contributed by atoms with Gasteiger partial charge >= 0.3 is 6.18 Å². The van der Waals surface area contributed by atoms with Crippen LogP contribution < -0.4 is 0 Å². The molecule has 1 atom stereocenters. The molecule has 0 aliphatic carbocycles. The number of hydrogen-bond acceptors (Lipinski definition) is 1. The molecular weight excluding hydrogens is 308 g/mol. The van der Waals surface area contributed by atoms with Crippen LogP contribution in [0.3, 0.4) is 0 Å². The lowest BCUT2D eigenvalue weighted by Crippen LogP contribution is -2.06. The Labute approximate surface area is 123 Å². The fourth-order valence-corrected chi connectivity index (χ4v) is 2.02. The molecule has 1 N–H and O–H groups in total. The molecular formula is C15H11ClF4O. The molecule has 0 aliphatic heterocycles.